The van der Waals surface area contributed by atoms with Crippen molar-refractivity contribution in [1.82, 2.24) is 9.97 Å². The summed E-state index contributed by atoms with van der Waals surface area (Å²) >= 11 is 1.60. The van der Waals surface area contributed by atoms with E-state index in [-0.39, 0.29) is 19.2 Å². The lowest BCUT2D eigenvalue weighted by molar-refractivity contribution is 0.281. The van der Waals surface area contributed by atoms with Crippen LogP contribution in [0.1, 0.15) is 11.8 Å². The van der Waals surface area contributed by atoms with Gasteiger partial charge in [0.15, 0.2) is 0 Å². The molecule has 0 spiro atoms. The van der Waals surface area contributed by atoms with E-state index >= 15 is 0 Å². The summed E-state index contributed by atoms with van der Waals surface area (Å²) in [5, 5.41) is 19.2. The third-order valence-electron chi connectivity index (χ3n) is 2.83. The molecule has 19 heavy (non-hydrogen) atoms. The first kappa shape index (κ1) is 14.0. The molecule has 2 rings (SSSR count). The van der Waals surface area contributed by atoms with Gasteiger partial charge in [0.05, 0.1) is 18.6 Å². The number of thiophene rings is 1. The Balaban J connectivity index is 2.52. The number of aliphatic hydroxyl groups excluding tert-OH is 2. The first-order valence-corrected chi connectivity index (χ1v) is 7.03. The molecule has 2 aromatic heterocycles. The monoisotopic (exact) mass is 282 g/mol. The van der Waals surface area contributed by atoms with Crippen LogP contribution in [0.2, 0.25) is 0 Å². The number of nitrogens with two attached hydrogens (primary N) is 1. The van der Waals surface area contributed by atoms with Gasteiger partial charge in [-0.05, 0) is 12.5 Å². The first-order chi connectivity index (χ1) is 9.19. The summed E-state index contributed by atoms with van der Waals surface area (Å²) in [4.78, 5) is 12.4. The lowest BCUT2D eigenvalue weighted by Crippen LogP contribution is -2.30. The Morgan fingerprint density at radius 1 is 1.26 bits per heavy atom. The summed E-state index contributed by atoms with van der Waals surface area (Å²) in [6, 6.07) is 2.05. The van der Waals surface area contributed by atoms with Crippen molar-refractivity contribution in [3.63, 3.8) is 0 Å². The highest BCUT2D eigenvalue weighted by atomic mass is 32.1. The topological polar surface area (TPSA) is 95.5 Å². The molecule has 0 unspecified atom stereocenters. The largest absolute Gasteiger partial charge is 0.395 e. The first-order valence-electron chi connectivity index (χ1n) is 6.22. The number of anilines is 2. The average molecular weight is 282 g/mol. The van der Waals surface area contributed by atoms with Crippen molar-refractivity contribution in [2.24, 2.45) is 0 Å². The van der Waals surface area contributed by atoms with Crippen molar-refractivity contribution in [1.29, 1.82) is 0 Å². The highest BCUT2D eigenvalue weighted by molar-refractivity contribution is 7.18. The smallest absolute Gasteiger partial charge is 0.223 e. The van der Waals surface area contributed by atoms with E-state index in [1.54, 1.807) is 11.3 Å². The SMILES string of the molecule is CCc1cc2c(N(CCO)CCO)nc(N)nc2s1. The second kappa shape index (κ2) is 6.14. The third-order valence-corrected chi connectivity index (χ3v) is 4.00. The van der Waals surface area contributed by atoms with E-state index in [1.165, 1.54) is 4.88 Å². The second-order valence-electron chi connectivity index (χ2n) is 4.12. The molecule has 0 amide bonds. The van der Waals surface area contributed by atoms with Gasteiger partial charge in [0.1, 0.15) is 10.6 Å². The quantitative estimate of drug-likeness (QED) is 0.719. The molecule has 7 heteroatoms. The van der Waals surface area contributed by atoms with Crippen LogP contribution in [0.3, 0.4) is 0 Å². The van der Waals surface area contributed by atoms with E-state index in [2.05, 4.69) is 23.0 Å². The number of hydrogen-bond donors (Lipinski definition) is 3. The number of fused-ring (bicyclic) bond motifs is 1. The van der Waals surface area contributed by atoms with Gasteiger partial charge in [-0.1, -0.05) is 6.92 Å². The summed E-state index contributed by atoms with van der Waals surface area (Å²) in [7, 11) is 0. The molecule has 0 saturated heterocycles. The number of nitrogens with zero attached hydrogens (tertiary/aromatic N) is 3. The average Bonchev–Trinajstić information content (AvgIpc) is 2.80. The zero-order chi connectivity index (χ0) is 13.8. The molecule has 4 N–H and O–H groups in total. The van der Waals surface area contributed by atoms with Crippen LogP contribution in [0, 0.1) is 0 Å². The molecular formula is C12H18N4O2S. The summed E-state index contributed by atoms with van der Waals surface area (Å²) in [5.74, 6) is 0.898. The molecule has 0 radical (unpaired) electrons. The summed E-state index contributed by atoms with van der Waals surface area (Å²) in [6.45, 7) is 2.89. The number of aryl methyl sites for hydroxylation is 1. The molecule has 104 valence electrons. The maximum Gasteiger partial charge on any atom is 0.223 e. The van der Waals surface area contributed by atoms with Gasteiger partial charge in [0.25, 0.3) is 0 Å². The molecule has 0 fully saturated rings. The number of nitrogen functional groups attached to an aromatic ring is 1. The molecule has 2 aromatic rings. The van der Waals surface area contributed by atoms with Crippen LogP contribution in [-0.2, 0) is 6.42 Å². The zero-order valence-corrected chi connectivity index (χ0v) is 11.7. The highest BCUT2D eigenvalue weighted by Crippen LogP contribution is 2.31. The van der Waals surface area contributed by atoms with Crippen LogP contribution in [0.4, 0.5) is 11.8 Å². The number of aromatic nitrogens is 2. The Kier molecular flexibility index (Phi) is 4.52. The van der Waals surface area contributed by atoms with Crippen molar-refractivity contribution >= 4 is 33.3 Å². The van der Waals surface area contributed by atoms with Crippen LogP contribution < -0.4 is 10.6 Å². The summed E-state index contributed by atoms with van der Waals surface area (Å²) < 4.78 is 0. The van der Waals surface area contributed by atoms with Crippen molar-refractivity contribution in [3.8, 4) is 0 Å². The van der Waals surface area contributed by atoms with Crippen molar-refractivity contribution in [2.75, 3.05) is 36.9 Å². The van der Waals surface area contributed by atoms with Gasteiger partial charge < -0.3 is 20.8 Å². The van der Waals surface area contributed by atoms with Gasteiger partial charge in [-0.2, -0.15) is 4.98 Å². The Labute approximate surface area is 115 Å². The fraction of sp³-hybridized carbons (Fsp3) is 0.500. The van der Waals surface area contributed by atoms with Gasteiger partial charge >= 0.3 is 0 Å². The van der Waals surface area contributed by atoms with E-state index in [4.69, 9.17) is 15.9 Å². The predicted octanol–water partition coefficient (Wildman–Crippen LogP) is 0.627. The zero-order valence-electron chi connectivity index (χ0n) is 10.8. The lowest BCUT2D eigenvalue weighted by Gasteiger charge is -2.22. The molecule has 2 heterocycles. The molecule has 0 aliphatic heterocycles. The molecule has 0 aliphatic rings. The Morgan fingerprint density at radius 3 is 2.53 bits per heavy atom. The van der Waals surface area contributed by atoms with Gasteiger partial charge in [0, 0.05) is 18.0 Å². The molecule has 0 atom stereocenters. The minimum Gasteiger partial charge on any atom is -0.395 e. The summed E-state index contributed by atoms with van der Waals surface area (Å²) in [5.41, 5.74) is 5.74. The van der Waals surface area contributed by atoms with Crippen molar-refractivity contribution < 1.29 is 10.2 Å². The molecule has 0 aliphatic carbocycles. The van der Waals surface area contributed by atoms with Crippen LogP contribution in [0.25, 0.3) is 10.2 Å². The van der Waals surface area contributed by atoms with Crippen molar-refractivity contribution in [3.05, 3.63) is 10.9 Å². The molecule has 0 aromatic carbocycles. The number of aliphatic hydroxyl groups is 2. The third kappa shape index (κ3) is 2.94. The normalized spacial score (nSPS) is 11.1. The number of hydrogen-bond acceptors (Lipinski definition) is 7. The standard InChI is InChI=1S/C12H18N4O2S/c1-2-8-7-9-10(16(3-5-17)4-6-18)14-12(13)15-11(9)19-8/h7,17-18H,2-6H2,1H3,(H2,13,14,15). The minimum absolute atomic E-state index is 0.00380. The maximum absolute atomic E-state index is 9.12. The van der Waals surface area contributed by atoms with E-state index in [9.17, 15) is 0 Å². The van der Waals surface area contributed by atoms with E-state index in [1.807, 2.05) is 4.90 Å². The van der Waals surface area contributed by atoms with Gasteiger partial charge in [-0.15, -0.1) is 11.3 Å². The van der Waals surface area contributed by atoms with Gasteiger partial charge in [-0.3, -0.25) is 0 Å². The maximum atomic E-state index is 9.12. The van der Waals surface area contributed by atoms with Gasteiger partial charge in [-0.25, -0.2) is 4.98 Å². The van der Waals surface area contributed by atoms with E-state index < -0.39 is 0 Å². The van der Waals surface area contributed by atoms with Gasteiger partial charge in [0.2, 0.25) is 5.95 Å². The van der Waals surface area contributed by atoms with Crippen LogP contribution >= 0.6 is 11.3 Å². The Bertz CT molecular complexity index is 552. The second-order valence-corrected chi connectivity index (χ2v) is 5.24. The minimum atomic E-state index is -0.00380. The van der Waals surface area contributed by atoms with Crippen LogP contribution in [0.15, 0.2) is 6.07 Å². The summed E-state index contributed by atoms with van der Waals surface area (Å²) in [6.07, 6.45) is 0.931. The fourth-order valence-corrected chi connectivity index (χ4v) is 2.92. The van der Waals surface area contributed by atoms with Crippen LogP contribution in [0.5, 0.6) is 0 Å². The molecule has 6 nitrogen and oxygen atoms in total. The van der Waals surface area contributed by atoms with E-state index in [0.717, 1.165) is 16.6 Å². The molecule has 0 bridgehead atoms. The predicted molar refractivity (Wildman–Crippen MR) is 77.6 cm³/mol. The number of rotatable bonds is 6. The Hall–Kier alpha value is -1.44. The Morgan fingerprint density at radius 2 is 1.95 bits per heavy atom. The van der Waals surface area contributed by atoms with Crippen LogP contribution in [-0.4, -0.2) is 46.5 Å². The highest BCUT2D eigenvalue weighted by Gasteiger charge is 2.15. The molecular weight excluding hydrogens is 264 g/mol. The van der Waals surface area contributed by atoms with E-state index in [0.29, 0.717) is 18.9 Å². The lowest BCUT2D eigenvalue weighted by atomic mass is 10.3. The fourth-order valence-electron chi connectivity index (χ4n) is 1.95. The molecule has 0 saturated carbocycles. The van der Waals surface area contributed by atoms with Crippen molar-refractivity contribution in [2.45, 2.75) is 13.3 Å².